The van der Waals surface area contributed by atoms with Gasteiger partial charge in [-0.15, -0.1) is 0 Å². The fraction of sp³-hybridized carbons (Fsp3) is 0.320. The summed E-state index contributed by atoms with van der Waals surface area (Å²) in [6, 6.07) is 8.56. The number of aromatic nitrogens is 1. The molecule has 37 heavy (non-hydrogen) atoms. The maximum Gasteiger partial charge on any atom is 0.416 e. The molecule has 0 unspecified atom stereocenters. The minimum absolute atomic E-state index is 0.0387. The molecule has 0 spiro atoms. The number of carbonyl (C=O) groups excluding carboxylic acids is 2. The number of anilines is 3. The maximum absolute atomic E-state index is 13.8. The number of piperazine rings is 1. The van der Waals surface area contributed by atoms with Gasteiger partial charge in [0.15, 0.2) is 5.13 Å². The maximum atomic E-state index is 13.8. The van der Waals surface area contributed by atoms with Gasteiger partial charge >= 0.3 is 6.18 Å². The molecule has 1 aliphatic rings. The summed E-state index contributed by atoms with van der Waals surface area (Å²) >= 11 is 1.18. The molecular weight excluding hydrogens is 505 g/mol. The van der Waals surface area contributed by atoms with E-state index in [2.05, 4.69) is 26.3 Å². The van der Waals surface area contributed by atoms with Crippen LogP contribution in [0.3, 0.4) is 0 Å². The van der Waals surface area contributed by atoms with E-state index >= 15 is 0 Å². The number of benzene rings is 2. The van der Waals surface area contributed by atoms with E-state index in [1.54, 1.807) is 26.1 Å². The van der Waals surface area contributed by atoms with E-state index in [9.17, 15) is 22.8 Å². The van der Waals surface area contributed by atoms with Gasteiger partial charge in [0, 0.05) is 56.7 Å². The van der Waals surface area contributed by atoms with E-state index in [-0.39, 0.29) is 29.3 Å². The van der Waals surface area contributed by atoms with Crippen molar-refractivity contribution in [2.75, 3.05) is 49.2 Å². The molecular formula is C25H27F3N6O2S. The Morgan fingerprint density at radius 1 is 1.08 bits per heavy atom. The van der Waals surface area contributed by atoms with Crippen LogP contribution in [0.25, 0.3) is 0 Å². The predicted molar refractivity (Wildman–Crippen MR) is 138 cm³/mol. The molecule has 4 N–H and O–H groups in total. The minimum Gasteiger partial charge on any atom is -0.365 e. The van der Waals surface area contributed by atoms with Gasteiger partial charge in [0.05, 0.1) is 11.8 Å². The van der Waals surface area contributed by atoms with Crippen LogP contribution in [0.1, 0.15) is 36.7 Å². The fourth-order valence-electron chi connectivity index (χ4n) is 3.95. The summed E-state index contributed by atoms with van der Waals surface area (Å²) in [6.45, 7) is 4.76. The van der Waals surface area contributed by atoms with Crippen LogP contribution in [0.15, 0.2) is 42.6 Å². The number of hydrogen-bond acceptors (Lipinski definition) is 7. The normalized spacial score (nSPS) is 14.3. The van der Waals surface area contributed by atoms with Crippen LogP contribution in [0.4, 0.5) is 29.7 Å². The third-order valence-corrected chi connectivity index (χ3v) is 6.98. The molecule has 0 radical (unpaired) electrons. The molecule has 196 valence electrons. The molecule has 1 fully saturated rings. The smallest absolute Gasteiger partial charge is 0.365 e. The Morgan fingerprint density at radius 2 is 1.84 bits per heavy atom. The lowest BCUT2D eigenvalue weighted by Crippen LogP contribution is -2.43. The summed E-state index contributed by atoms with van der Waals surface area (Å²) in [7, 11) is 1.70. The molecule has 1 aliphatic heterocycles. The Labute approximate surface area is 216 Å². The van der Waals surface area contributed by atoms with Crippen molar-refractivity contribution >= 4 is 39.7 Å². The van der Waals surface area contributed by atoms with Crippen LogP contribution >= 0.6 is 11.3 Å². The van der Waals surface area contributed by atoms with Crippen molar-refractivity contribution in [3.63, 3.8) is 0 Å². The Kier molecular flexibility index (Phi) is 8.10. The third kappa shape index (κ3) is 6.64. The number of amides is 2. The molecule has 0 bridgehead atoms. The Hall–Kier alpha value is -3.48. The Bertz CT molecular complexity index is 1290. The zero-order valence-corrected chi connectivity index (χ0v) is 21.1. The van der Waals surface area contributed by atoms with Crippen LogP contribution < -0.4 is 21.3 Å². The van der Waals surface area contributed by atoms with E-state index in [1.807, 2.05) is 4.90 Å². The molecule has 12 heteroatoms. The van der Waals surface area contributed by atoms with Gasteiger partial charge in [-0.2, -0.15) is 13.2 Å². The van der Waals surface area contributed by atoms with Gasteiger partial charge in [0.25, 0.3) is 11.8 Å². The lowest BCUT2D eigenvalue weighted by Gasteiger charge is -2.28. The number of nitrogens with zero attached hydrogens (tertiary/aromatic N) is 2. The Morgan fingerprint density at radius 3 is 2.51 bits per heavy atom. The second kappa shape index (κ2) is 11.3. The molecule has 0 aliphatic carbocycles. The van der Waals surface area contributed by atoms with Gasteiger partial charge < -0.3 is 21.3 Å². The molecule has 2 heterocycles. The first-order valence-corrected chi connectivity index (χ1v) is 12.5. The molecule has 0 saturated carbocycles. The predicted octanol–water partition coefficient (Wildman–Crippen LogP) is 4.42. The first-order chi connectivity index (χ1) is 17.6. The van der Waals surface area contributed by atoms with E-state index in [1.165, 1.54) is 35.7 Å². The highest BCUT2D eigenvalue weighted by atomic mass is 32.1. The summed E-state index contributed by atoms with van der Waals surface area (Å²) in [6.07, 6.45) is -3.11. The van der Waals surface area contributed by atoms with Gasteiger partial charge in [-0.1, -0.05) is 23.5 Å². The summed E-state index contributed by atoms with van der Waals surface area (Å²) in [4.78, 5) is 31.9. The lowest BCUT2D eigenvalue weighted by molar-refractivity contribution is -0.138. The highest BCUT2D eigenvalue weighted by Gasteiger charge is 2.34. The van der Waals surface area contributed by atoms with Crippen molar-refractivity contribution in [1.29, 1.82) is 0 Å². The minimum atomic E-state index is -4.56. The summed E-state index contributed by atoms with van der Waals surface area (Å²) in [5.74, 6) is -0.969. The zero-order valence-electron chi connectivity index (χ0n) is 20.3. The summed E-state index contributed by atoms with van der Waals surface area (Å²) in [5, 5.41) is 11.9. The van der Waals surface area contributed by atoms with Crippen molar-refractivity contribution in [3.05, 3.63) is 69.7 Å². The molecule has 1 aromatic heterocycles. The molecule has 1 saturated heterocycles. The van der Waals surface area contributed by atoms with Crippen LogP contribution in [-0.2, 0) is 12.7 Å². The van der Waals surface area contributed by atoms with Crippen LogP contribution in [0.2, 0.25) is 0 Å². The third-order valence-electron chi connectivity index (χ3n) is 5.97. The first-order valence-electron chi connectivity index (χ1n) is 11.6. The average molecular weight is 533 g/mol. The lowest BCUT2D eigenvalue weighted by atomic mass is 10.0. The van der Waals surface area contributed by atoms with E-state index in [0.717, 1.165) is 24.7 Å². The van der Waals surface area contributed by atoms with E-state index in [0.29, 0.717) is 28.8 Å². The number of nitrogens with one attached hydrogen (secondary N) is 4. The van der Waals surface area contributed by atoms with Crippen molar-refractivity contribution in [1.82, 2.24) is 15.2 Å². The van der Waals surface area contributed by atoms with Gasteiger partial charge in [-0.05, 0) is 42.3 Å². The monoisotopic (exact) mass is 532 g/mol. The van der Waals surface area contributed by atoms with Gasteiger partial charge in [0.2, 0.25) is 0 Å². The number of aryl methyl sites for hydroxylation is 1. The van der Waals surface area contributed by atoms with Gasteiger partial charge in [-0.25, -0.2) is 4.98 Å². The van der Waals surface area contributed by atoms with Gasteiger partial charge in [-0.3, -0.25) is 14.5 Å². The molecule has 0 atom stereocenters. The highest BCUT2D eigenvalue weighted by Crippen LogP contribution is 2.35. The zero-order chi connectivity index (χ0) is 26.6. The van der Waals surface area contributed by atoms with Crippen molar-refractivity contribution < 1.29 is 22.8 Å². The summed E-state index contributed by atoms with van der Waals surface area (Å²) in [5.41, 5.74) is 0.763. The SMILES string of the molecule is CNc1ncc(C(=O)Nc2cc(C(=O)Nc3ccc(CN4CCNCC4)c(C(F)(F)F)c3)ccc2C)s1. The first kappa shape index (κ1) is 26.6. The standard InChI is InChI=1S/C25H27F3N6O2S/c1-15-3-4-16(11-20(15)33-23(36)21-13-31-24(29-2)37-21)22(35)32-18-6-5-17(19(12-18)25(26,27)28)14-34-9-7-30-8-10-34/h3-6,11-13,30H,7-10,14H2,1-2H3,(H,29,31)(H,32,35)(H,33,36). The average Bonchev–Trinajstić information content (AvgIpc) is 3.36. The number of carbonyl (C=O) groups is 2. The largest absolute Gasteiger partial charge is 0.416 e. The number of thiazole rings is 1. The van der Waals surface area contributed by atoms with Crippen LogP contribution in [0, 0.1) is 6.92 Å². The molecule has 3 aromatic rings. The molecule has 4 rings (SSSR count). The topological polar surface area (TPSA) is 98.4 Å². The molecule has 2 amide bonds. The van der Waals surface area contributed by atoms with Crippen LogP contribution in [-0.4, -0.2) is 54.9 Å². The van der Waals surface area contributed by atoms with E-state index in [4.69, 9.17) is 0 Å². The number of halogens is 3. The van der Waals surface area contributed by atoms with Crippen LogP contribution in [0.5, 0.6) is 0 Å². The number of rotatable bonds is 7. The summed E-state index contributed by atoms with van der Waals surface area (Å²) < 4.78 is 41.5. The molecule has 8 nitrogen and oxygen atoms in total. The quantitative estimate of drug-likeness (QED) is 0.360. The number of alkyl halides is 3. The second-order valence-corrected chi connectivity index (χ2v) is 9.64. The molecule has 2 aromatic carbocycles. The fourth-order valence-corrected chi connectivity index (χ4v) is 4.61. The van der Waals surface area contributed by atoms with Gasteiger partial charge in [0.1, 0.15) is 4.88 Å². The Balaban J connectivity index is 1.50. The number of hydrogen-bond donors (Lipinski definition) is 4. The van der Waals surface area contributed by atoms with Crippen molar-refractivity contribution in [3.8, 4) is 0 Å². The van der Waals surface area contributed by atoms with E-state index < -0.39 is 17.6 Å². The van der Waals surface area contributed by atoms with Crippen molar-refractivity contribution in [2.24, 2.45) is 0 Å². The van der Waals surface area contributed by atoms with Crippen molar-refractivity contribution in [2.45, 2.75) is 19.6 Å². The second-order valence-electron chi connectivity index (χ2n) is 8.61. The highest BCUT2D eigenvalue weighted by molar-refractivity contribution is 7.17.